The standard InChI is InChI=1S/C15H17F3N4/c1-2-8-19-12-5-3-11(4-6-12)10-21-14-20-9-7-13(22-14)15(16,17)18/h3-7,9,19H,2,8,10H2,1H3,(H,20,21,22). The molecule has 1 heterocycles. The molecule has 7 heteroatoms. The van der Waals surface area contributed by atoms with Crippen LogP contribution in [0.15, 0.2) is 36.5 Å². The fraction of sp³-hybridized carbons (Fsp3) is 0.333. The maximum Gasteiger partial charge on any atom is 0.433 e. The van der Waals surface area contributed by atoms with Gasteiger partial charge in [-0.05, 0) is 30.2 Å². The van der Waals surface area contributed by atoms with Crippen LogP contribution in [0.3, 0.4) is 0 Å². The predicted octanol–water partition coefficient (Wildman–Crippen LogP) is 3.93. The van der Waals surface area contributed by atoms with Crippen molar-refractivity contribution in [3.8, 4) is 0 Å². The zero-order valence-electron chi connectivity index (χ0n) is 12.1. The van der Waals surface area contributed by atoms with E-state index in [1.54, 1.807) is 0 Å². The maximum absolute atomic E-state index is 12.6. The van der Waals surface area contributed by atoms with Crippen LogP contribution in [0.1, 0.15) is 24.6 Å². The number of alkyl halides is 3. The second-order valence-electron chi connectivity index (χ2n) is 4.74. The molecule has 2 rings (SSSR count). The van der Waals surface area contributed by atoms with Crippen molar-refractivity contribution in [2.45, 2.75) is 26.1 Å². The molecular formula is C15H17F3N4. The molecule has 0 amide bonds. The van der Waals surface area contributed by atoms with Gasteiger partial charge < -0.3 is 10.6 Å². The van der Waals surface area contributed by atoms with E-state index in [4.69, 9.17) is 0 Å². The van der Waals surface area contributed by atoms with Crippen molar-refractivity contribution in [1.82, 2.24) is 9.97 Å². The molecule has 118 valence electrons. The third-order valence-corrected chi connectivity index (χ3v) is 2.93. The molecule has 1 aromatic heterocycles. The Balaban J connectivity index is 1.95. The van der Waals surface area contributed by atoms with E-state index in [-0.39, 0.29) is 5.95 Å². The van der Waals surface area contributed by atoms with Gasteiger partial charge in [-0.15, -0.1) is 0 Å². The fourth-order valence-electron chi connectivity index (χ4n) is 1.79. The van der Waals surface area contributed by atoms with Gasteiger partial charge in [-0.3, -0.25) is 0 Å². The number of hydrogen-bond donors (Lipinski definition) is 2. The van der Waals surface area contributed by atoms with E-state index in [9.17, 15) is 13.2 Å². The molecule has 22 heavy (non-hydrogen) atoms. The van der Waals surface area contributed by atoms with Gasteiger partial charge in [-0.1, -0.05) is 19.1 Å². The largest absolute Gasteiger partial charge is 0.433 e. The average molecular weight is 310 g/mol. The van der Waals surface area contributed by atoms with Crippen LogP contribution in [-0.4, -0.2) is 16.5 Å². The van der Waals surface area contributed by atoms with Gasteiger partial charge in [0.25, 0.3) is 0 Å². The molecule has 0 radical (unpaired) electrons. The third-order valence-electron chi connectivity index (χ3n) is 2.93. The smallest absolute Gasteiger partial charge is 0.385 e. The summed E-state index contributed by atoms with van der Waals surface area (Å²) in [5.74, 6) is -0.0389. The van der Waals surface area contributed by atoms with Crippen molar-refractivity contribution in [2.75, 3.05) is 17.2 Å². The van der Waals surface area contributed by atoms with E-state index < -0.39 is 11.9 Å². The monoisotopic (exact) mass is 310 g/mol. The van der Waals surface area contributed by atoms with E-state index in [0.717, 1.165) is 36.5 Å². The summed E-state index contributed by atoms with van der Waals surface area (Å²) in [6, 6.07) is 8.51. The number of nitrogens with zero attached hydrogens (tertiary/aromatic N) is 2. The highest BCUT2D eigenvalue weighted by Crippen LogP contribution is 2.27. The number of halogens is 3. The minimum Gasteiger partial charge on any atom is -0.385 e. The molecular weight excluding hydrogens is 293 g/mol. The summed E-state index contributed by atoms with van der Waals surface area (Å²) < 4.78 is 37.7. The summed E-state index contributed by atoms with van der Waals surface area (Å²) in [4.78, 5) is 7.25. The molecule has 0 aliphatic rings. The number of rotatable bonds is 6. The Morgan fingerprint density at radius 3 is 2.41 bits per heavy atom. The Bertz CT molecular complexity index is 596. The normalized spacial score (nSPS) is 11.3. The van der Waals surface area contributed by atoms with Crippen LogP contribution in [0, 0.1) is 0 Å². The van der Waals surface area contributed by atoms with Gasteiger partial charge in [0.1, 0.15) is 5.69 Å². The average Bonchev–Trinajstić information content (AvgIpc) is 2.51. The molecule has 0 saturated heterocycles. The highest BCUT2D eigenvalue weighted by atomic mass is 19.4. The lowest BCUT2D eigenvalue weighted by atomic mass is 10.2. The van der Waals surface area contributed by atoms with Crippen molar-refractivity contribution < 1.29 is 13.2 Å². The molecule has 4 nitrogen and oxygen atoms in total. The Morgan fingerprint density at radius 2 is 1.77 bits per heavy atom. The van der Waals surface area contributed by atoms with E-state index in [0.29, 0.717) is 6.54 Å². The van der Waals surface area contributed by atoms with Crippen LogP contribution in [0.2, 0.25) is 0 Å². The number of aromatic nitrogens is 2. The van der Waals surface area contributed by atoms with Crippen LogP contribution < -0.4 is 10.6 Å². The molecule has 0 fully saturated rings. The van der Waals surface area contributed by atoms with Crippen molar-refractivity contribution in [3.05, 3.63) is 47.8 Å². The first-order chi connectivity index (χ1) is 10.5. The first-order valence-electron chi connectivity index (χ1n) is 6.96. The minimum absolute atomic E-state index is 0.0389. The Hall–Kier alpha value is -2.31. The SMILES string of the molecule is CCCNc1ccc(CNc2nccc(C(F)(F)F)n2)cc1. The van der Waals surface area contributed by atoms with E-state index in [1.165, 1.54) is 0 Å². The Kier molecular flexibility index (Phi) is 5.19. The summed E-state index contributed by atoms with van der Waals surface area (Å²) in [7, 11) is 0. The van der Waals surface area contributed by atoms with Crippen LogP contribution in [0.5, 0.6) is 0 Å². The van der Waals surface area contributed by atoms with Gasteiger partial charge in [0.2, 0.25) is 5.95 Å². The number of benzene rings is 1. The number of hydrogen-bond acceptors (Lipinski definition) is 4. The Morgan fingerprint density at radius 1 is 1.05 bits per heavy atom. The van der Waals surface area contributed by atoms with Crippen molar-refractivity contribution in [1.29, 1.82) is 0 Å². The summed E-state index contributed by atoms with van der Waals surface area (Å²) in [6.45, 7) is 3.34. The molecule has 1 aromatic carbocycles. The lowest BCUT2D eigenvalue weighted by molar-refractivity contribution is -0.141. The molecule has 0 unspecified atom stereocenters. The summed E-state index contributed by atoms with van der Waals surface area (Å²) in [5.41, 5.74) is 0.994. The van der Waals surface area contributed by atoms with Gasteiger partial charge in [0.05, 0.1) is 0 Å². The molecule has 0 atom stereocenters. The molecule has 0 saturated carbocycles. The molecule has 0 aliphatic carbocycles. The van der Waals surface area contributed by atoms with Gasteiger partial charge in [0, 0.05) is 25.0 Å². The quantitative estimate of drug-likeness (QED) is 0.849. The van der Waals surface area contributed by atoms with E-state index in [1.807, 2.05) is 24.3 Å². The third kappa shape index (κ3) is 4.61. The van der Waals surface area contributed by atoms with Gasteiger partial charge in [-0.25, -0.2) is 9.97 Å². The van der Waals surface area contributed by atoms with Gasteiger partial charge in [0.15, 0.2) is 0 Å². The molecule has 0 bridgehead atoms. The molecule has 0 aliphatic heterocycles. The summed E-state index contributed by atoms with van der Waals surface area (Å²) >= 11 is 0. The van der Waals surface area contributed by atoms with E-state index in [2.05, 4.69) is 27.5 Å². The van der Waals surface area contributed by atoms with Crippen LogP contribution in [0.4, 0.5) is 24.8 Å². The number of nitrogens with one attached hydrogen (secondary N) is 2. The summed E-state index contributed by atoms with van der Waals surface area (Å²) in [5, 5.41) is 6.04. The molecule has 2 aromatic rings. The zero-order valence-corrected chi connectivity index (χ0v) is 12.1. The Labute approximate surface area is 126 Å². The molecule has 2 N–H and O–H groups in total. The molecule has 0 spiro atoms. The van der Waals surface area contributed by atoms with E-state index >= 15 is 0 Å². The highest BCUT2D eigenvalue weighted by molar-refractivity contribution is 5.45. The second kappa shape index (κ2) is 7.11. The predicted molar refractivity (Wildman–Crippen MR) is 79.6 cm³/mol. The zero-order chi connectivity index (χ0) is 16.0. The second-order valence-corrected chi connectivity index (χ2v) is 4.74. The summed E-state index contributed by atoms with van der Waals surface area (Å²) in [6.07, 6.45) is -2.34. The lowest BCUT2D eigenvalue weighted by Crippen LogP contribution is -2.11. The van der Waals surface area contributed by atoms with Crippen LogP contribution in [-0.2, 0) is 12.7 Å². The fourth-order valence-corrected chi connectivity index (χ4v) is 1.79. The maximum atomic E-state index is 12.6. The minimum atomic E-state index is -4.47. The van der Waals surface area contributed by atoms with Crippen LogP contribution >= 0.6 is 0 Å². The lowest BCUT2D eigenvalue weighted by Gasteiger charge is -2.09. The van der Waals surface area contributed by atoms with Gasteiger partial charge >= 0.3 is 6.18 Å². The topological polar surface area (TPSA) is 49.8 Å². The highest BCUT2D eigenvalue weighted by Gasteiger charge is 2.32. The van der Waals surface area contributed by atoms with Crippen LogP contribution in [0.25, 0.3) is 0 Å². The first kappa shape index (κ1) is 16.1. The van der Waals surface area contributed by atoms with Crippen molar-refractivity contribution >= 4 is 11.6 Å². The number of anilines is 2. The first-order valence-corrected chi connectivity index (χ1v) is 6.96. The van der Waals surface area contributed by atoms with Crippen molar-refractivity contribution in [3.63, 3.8) is 0 Å². The van der Waals surface area contributed by atoms with Gasteiger partial charge in [-0.2, -0.15) is 13.2 Å². The van der Waals surface area contributed by atoms with Crippen molar-refractivity contribution in [2.24, 2.45) is 0 Å².